The average Bonchev–Trinajstić information content (AvgIpc) is 3.16. The maximum Gasteiger partial charge on any atom is 0.407 e. The number of rotatable bonds is 7. The van der Waals surface area contributed by atoms with Crippen LogP contribution in [0.25, 0.3) is 11.1 Å². The molecule has 4 rings (SSSR count). The lowest BCUT2D eigenvalue weighted by molar-refractivity contribution is -0.118. The summed E-state index contributed by atoms with van der Waals surface area (Å²) in [5.41, 5.74) is 4.36. The zero-order valence-electron chi connectivity index (χ0n) is 18.7. The Balaban J connectivity index is 1.41. The molecule has 1 aliphatic carbocycles. The van der Waals surface area contributed by atoms with Crippen LogP contribution in [0.1, 0.15) is 40.7 Å². The van der Waals surface area contributed by atoms with Gasteiger partial charge in [-0.15, -0.1) is 0 Å². The number of carboxylic acid groups (broad SMARTS) is 1. The van der Waals surface area contributed by atoms with Gasteiger partial charge in [-0.25, -0.2) is 9.59 Å². The van der Waals surface area contributed by atoms with E-state index < -0.39 is 24.0 Å². The Bertz CT molecular complexity index is 1240. The molecule has 0 bridgehead atoms. The molecular weight excluding hydrogens is 491 g/mol. The minimum atomic E-state index is -1.20. The van der Waals surface area contributed by atoms with E-state index in [4.69, 9.17) is 33.0 Å². The van der Waals surface area contributed by atoms with Gasteiger partial charge in [-0.3, -0.25) is 4.79 Å². The summed E-state index contributed by atoms with van der Waals surface area (Å²) < 4.78 is 5.51. The number of amides is 2. The number of alkyl carbamates (subject to hydrolysis) is 1. The molecule has 2 amide bonds. The molecule has 0 saturated carbocycles. The van der Waals surface area contributed by atoms with Crippen molar-refractivity contribution < 1.29 is 24.2 Å². The van der Waals surface area contributed by atoms with Crippen LogP contribution in [0.15, 0.2) is 60.7 Å². The summed E-state index contributed by atoms with van der Waals surface area (Å²) in [7, 11) is 0. The summed E-state index contributed by atoms with van der Waals surface area (Å²) >= 11 is 12.2. The van der Waals surface area contributed by atoms with Crippen LogP contribution in [-0.4, -0.2) is 35.7 Å². The zero-order valence-corrected chi connectivity index (χ0v) is 20.2. The number of hydrogen-bond donors (Lipinski definition) is 3. The quantitative estimate of drug-likeness (QED) is 0.362. The van der Waals surface area contributed by atoms with E-state index in [9.17, 15) is 14.4 Å². The van der Waals surface area contributed by atoms with Crippen LogP contribution in [0.5, 0.6) is 0 Å². The average molecular weight is 513 g/mol. The van der Waals surface area contributed by atoms with E-state index in [1.807, 2.05) is 48.5 Å². The second kappa shape index (κ2) is 10.4. The van der Waals surface area contributed by atoms with Crippen LogP contribution in [0.4, 0.5) is 10.5 Å². The van der Waals surface area contributed by atoms with Crippen molar-refractivity contribution in [2.24, 2.45) is 0 Å². The van der Waals surface area contributed by atoms with Crippen molar-refractivity contribution in [1.82, 2.24) is 5.32 Å². The van der Waals surface area contributed by atoms with Gasteiger partial charge in [0.15, 0.2) is 0 Å². The maximum atomic E-state index is 12.8. The molecule has 0 spiro atoms. The van der Waals surface area contributed by atoms with Gasteiger partial charge in [-0.1, -0.05) is 78.7 Å². The molecule has 35 heavy (non-hydrogen) atoms. The number of halogens is 2. The van der Waals surface area contributed by atoms with Crippen LogP contribution in [0.2, 0.25) is 10.0 Å². The van der Waals surface area contributed by atoms with Crippen molar-refractivity contribution in [3.8, 4) is 11.1 Å². The normalized spacial score (nSPS) is 12.9. The first kappa shape index (κ1) is 24.6. The molecule has 1 atom stereocenters. The van der Waals surface area contributed by atoms with Crippen LogP contribution in [0, 0.1) is 0 Å². The summed E-state index contributed by atoms with van der Waals surface area (Å²) in [5, 5.41) is 14.2. The van der Waals surface area contributed by atoms with Gasteiger partial charge >= 0.3 is 12.1 Å². The lowest BCUT2D eigenvalue weighted by Gasteiger charge is -2.19. The molecule has 0 aromatic heterocycles. The fraction of sp³-hybridized carbons (Fsp3) is 0.192. The SMILES string of the molecule is CC[C@H](NC(=O)OCC1c2ccccc2-c2ccccc21)C(=O)Nc1c(Cl)cc(C(=O)O)cc1Cl. The maximum absolute atomic E-state index is 12.8. The molecule has 0 radical (unpaired) electrons. The van der Waals surface area contributed by atoms with Gasteiger partial charge in [0.25, 0.3) is 0 Å². The second-order valence-electron chi connectivity index (χ2n) is 8.04. The molecule has 0 saturated heterocycles. The Labute approximate surface area is 212 Å². The standard InChI is InChI=1S/C26H22Cl2N2O5/c1-2-22(24(31)30-23-20(27)11-14(25(32)33)12-21(23)28)29-26(34)35-13-19-17-9-5-3-7-15(17)16-8-4-6-10-18(16)19/h3-12,19,22H,2,13H2,1H3,(H,29,34)(H,30,31)(H,32,33)/t22-/m0/s1. The highest BCUT2D eigenvalue weighted by Crippen LogP contribution is 2.44. The molecule has 0 fully saturated rings. The number of anilines is 1. The fourth-order valence-corrected chi connectivity index (χ4v) is 4.74. The smallest absolute Gasteiger partial charge is 0.407 e. The van der Waals surface area contributed by atoms with Gasteiger partial charge in [0, 0.05) is 5.92 Å². The Kier molecular flexibility index (Phi) is 7.28. The number of carboxylic acids is 1. The predicted molar refractivity (Wildman–Crippen MR) is 134 cm³/mol. The predicted octanol–water partition coefficient (Wildman–Crippen LogP) is 5.95. The molecule has 0 heterocycles. The number of hydrogen-bond acceptors (Lipinski definition) is 4. The van der Waals surface area contributed by atoms with Crippen molar-refractivity contribution in [1.29, 1.82) is 0 Å². The highest BCUT2D eigenvalue weighted by atomic mass is 35.5. The van der Waals surface area contributed by atoms with Crippen molar-refractivity contribution in [3.05, 3.63) is 87.4 Å². The van der Waals surface area contributed by atoms with E-state index in [0.717, 1.165) is 22.3 Å². The topological polar surface area (TPSA) is 105 Å². The van der Waals surface area contributed by atoms with Crippen LogP contribution in [0.3, 0.4) is 0 Å². The number of nitrogens with one attached hydrogen (secondary N) is 2. The van der Waals surface area contributed by atoms with Crippen molar-refractivity contribution in [2.45, 2.75) is 25.3 Å². The molecule has 7 nitrogen and oxygen atoms in total. The van der Waals surface area contributed by atoms with Gasteiger partial charge in [0.05, 0.1) is 21.3 Å². The third-order valence-electron chi connectivity index (χ3n) is 5.90. The lowest BCUT2D eigenvalue weighted by Crippen LogP contribution is -2.44. The van der Waals surface area contributed by atoms with Gasteiger partial charge in [-0.05, 0) is 40.8 Å². The van der Waals surface area contributed by atoms with Gasteiger partial charge < -0.3 is 20.5 Å². The summed E-state index contributed by atoms with van der Waals surface area (Å²) in [4.78, 5) is 36.5. The third-order valence-corrected chi connectivity index (χ3v) is 6.49. The first-order valence-electron chi connectivity index (χ1n) is 10.9. The minimum absolute atomic E-state index is 0.0285. The first-order chi connectivity index (χ1) is 16.8. The fourth-order valence-electron chi connectivity index (χ4n) is 4.16. The Hall–Kier alpha value is -3.55. The van der Waals surface area contributed by atoms with E-state index in [0.29, 0.717) is 0 Å². The third kappa shape index (κ3) is 5.11. The Morgan fingerprint density at radius 2 is 1.51 bits per heavy atom. The van der Waals surface area contributed by atoms with E-state index in [-0.39, 0.29) is 40.2 Å². The molecule has 1 aliphatic rings. The largest absolute Gasteiger partial charge is 0.478 e. The number of benzene rings is 3. The molecule has 0 aliphatic heterocycles. The number of carbonyl (C=O) groups is 3. The molecule has 3 aromatic carbocycles. The molecule has 0 unspecified atom stereocenters. The molecule has 9 heteroatoms. The number of fused-ring (bicyclic) bond motifs is 3. The Morgan fingerprint density at radius 1 is 0.971 bits per heavy atom. The monoisotopic (exact) mass is 512 g/mol. The highest BCUT2D eigenvalue weighted by molar-refractivity contribution is 6.40. The highest BCUT2D eigenvalue weighted by Gasteiger charge is 2.29. The van der Waals surface area contributed by atoms with Crippen molar-refractivity contribution in [3.63, 3.8) is 0 Å². The van der Waals surface area contributed by atoms with E-state index in [1.165, 1.54) is 12.1 Å². The number of ether oxygens (including phenoxy) is 1. The van der Waals surface area contributed by atoms with Gasteiger partial charge in [-0.2, -0.15) is 0 Å². The number of aromatic carboxylic acids is 1. The van der Waals surface area contributed by atoms with Crippen LogP contribution in [-0.2, 0) is 9.53 Å². The first-order valence-corrected chi connectivity index (χ1v) is 11.7. The Morgan fingerprint density at radius 3 is 2.03 bits per heavy atom. The summed E-state index contributed by atoms with van der Waals surface area (Å²) in [5.74, 6) is -1.87. The van der Waals surface area contributed by atoms with Gasteiger partial charge in [0.1, 0.15) is 12.6 Å². The number of carbonyl (C=O) groups excluding carboxylic acids is 2. The van der Waals surface area contributed by atoms with Crippen LogP contribution >= 0.6 is 23.2 Å². The van der Waals surface area contributed by atoms with Crippen molar-refractivity contribution >= 4 is 46.9 Å². The van der Waals surface area contributed by atoms with Crippen LogP contribution < -0.4 is 10.6 Å². The second-order valence-corrected chi connectivity index (χ2v) is 8.85. The van der Waals surface area contributed by atoms with E-state index >= 15 is 0 Å². The zero-order chi connectivity index (χ0) is 25.1. The molecule has 3 N–H and O–H groups in total. The van der Waals surface area contributed by atoms with E-state index in [1.54, 1.807) is 6.92 Å². The molecule has 180 valence electrons. The molecular formula is C26H22Cl2N2O5. The van der Waals surface area contributed by atoms with E-state index in [2.05, 4.69) is 10.6 Å². The summed E-state index contributed by atoms with van der Waals surface area (Å²) in [6.45, 7) is 1.84. The summed E-state index contributed by atoms with van der Waals surface area (Å²) in [6.07, 6.45) is -0.453. The molecule has 3 aromatic rings. The summed E-state index contributed by atoms with van der Waals surface area (Å²) in [6, 6.07) is 17.4. The lowest BCUT2D eigenvalue weighted by atomic mass is 9.98. The minimum Gasteiger partial charge on any atom is -0.478 e. The van der Waals surface area contributed by atoms with Gasteiger partial charge in [0.2, 0.25) is 5.91 Å². The van der Waals surface area contributed by atoms with Crippen molar-refractivity contribution in [2.75, 3.05) is 11.9 Å².